The summed E-state index contributed by atoms with van der Waals surface area (Å²) in [6.45, 7) is 3.41. The number of para-hydroxylation sites is 1. The maximum atomic E-state index is 13.1. The first kappa shape index (κ1) is 20.6. The SMILES string of the molecule is COc1ccc(C2(C)NC(=O)N(/N=C/c3c(C)nn(-c4ccccc4)c3Cl)C2=O)cc1. The number of ether oxygens (including phenoxy) is 1. The van der Waals surface area contributed by atoms with E-state index in [2.05, 4.69) is 15.5 Å². The molecular formula is C22H20ClN5O3. The standard InChI is InChI=1S/C22H20ClN5O3/c1-14-18(19(23)27(26-14)16-7-5-4-6-8-16)13-24-28-20(29)22(2,25-21(28)30)15-9-11-17(31-3)12-10-15/h4-13H,1-3H3,(H,25,30)/b24-13+. The molecule has 3 aromatic rings. The number of methoxy groups -OCH3 is 1. The van der Waals surface area contributed by atoms with Crippen LogP contribution in [0.15, 0.2) is 59.7 Å². The molecule has 1 saturated heterocycles. The third-order valence-electron chi connectivity index (χ3n) is 5.19. The Kier molecular flexibility index (Phi) is 5.24. The molecule has 0 aliphatic carbocycles. The van der Waals surface area contributed by atoms with E-state index in [-0.39, 0.29) is 0 Å². The summed E-state index contributed by atoms with van der Waals surface area (Å²) in [5.74, 6) is 0.155. The summed E-state index contributed by atoms with van der Waals surface area (Å²) < 4.78 is 6.73. The van der Waals surface area contributed by atoms with Gasteiger partial charge in [0.25, 0.3) is 5.91 Å². The number of benzene rings is 2. The van der Waals surface area contributed by atoms with E-state index < -0.39 is 17.5 Å². The van der Waals surface area contributed by atoms with E-state index in [1.54, 1.807) is 49.9 Å². The van der Waals surface area contributed by atoms with E-state index in [1.165, 1.54) is 6.21 Å². The van der Waals surface area contributed by atoms with Crippen molar-refractivity contribution in [3.8, 4) is 11.4 Å². The Morgan fingerprint density at radius 2 is 1.81 bits per heavy atom. The Hall–Kier alpha value is -3.65. The van der Waals surface area contributed by atoms with Crippen molar-refractivity contribution < 1.29 is 14.3 Å². The molecule has 4 rings (SSSR count). The molecule has 1 N–H and O–H groups in total. The van der Waals surface area contributed by atoms with Crippen LogP contribution in [0, 0.1) is 6.92 Å². The fourth-order valence-electron chi connectivity index (χ4n) is 3.36. The van der Waals surface area contributed by atoms with Gasteiger partial charge in [-0.25, -0.2) is 9.48 Å². The molecule has 2 heterocycles. The number of aryl methyl sites for hydroxylation is 1. The highest BCUT2D eigenvalue weighted by Crippen LogP contribution is 2.30. The van der Waals surface area contributed by atoms with Gasteiger partial charge in [-0.2, -0.15) is 10.2 Å². The van der Waals surface area contributed by atoms with Gasteiger partial charge in [0, 0.05) is 0 Å². The van der Waals surface area contributed by atoms with E-state index in [1.807, 2.05) is 30.3 Å². The molecule has 1 aliphatic rings. The number of aromatic nitrogens is 2. The molecule has 1 fully saturated rings. The zero-order chi connectivity index (χ0) is 22.2. The van der Waals surface area contributed by atoms with Crippen LogP contribution in [0.25, 0.3) is 5.69 Å². The third-order valence-corrected chi connectivity index (χ3v) is 5.55. The van der Waals surface area contributed by atoms with E-state index in [0.29, 0.717) is 27.7 Å². The summed E-state index contributed by atoms with van der Waals surface area (Å²) in [5.41, 5.74) is 1.30. The first-order valence-electron chi connectivity index (χ1n) is 9.51. The van der Waals surface area contributed by atoms with Gasteiger partial charge >= 0.3 is 6.03 Å². The van der Waals surface area contributed by atoms with Crippen molar-refractivity contribution >= 4 is 29.8 Å². The molecule has 1 atom stereocenters. The van der Waals surface area contributed by atoms with Crippen LogP contribution in [-0.4, -0.2) is 40.1 Å². The Morgan fingerprint density at radius 1 is 1.13 bits per heavy atom. The van der Waals surface area contributed by atoms with Crippen molar-refractivity contribution in [2.24, 2.45) is 5.10 Å². The summed E-state index contributed by atoms with van der Waals surface area (Å²) in [6, 6.07) is 15.7. The number of urea groups is 1. The van der Waals surface area contributed by atoms with Crippen LogP contribution in [0.5, 0.6) is 5.75 Å². The molecule has 0 spiro atoms. The lowest BCUT2D eigenvalue weighted by Crippen LogP contribution is -2.40. The number of carbonyl (C=O) groups is 2. The number of nitrogens with one attached hydrogen (secondary N) is 1. The van der Waals surface area contributed by atoms with Crippen LogP contribution in [0.3, 0.4) is 0 Å². The summed E-state index contributed by atoms with van der Waals surface area (Å²) in [6.07, 6.45) is 1.38. The van der Waals surface area contributed by atoms with Gasteiger partial charge in [0.05, 0.1) is 30.3 Å². The van der Waals surface area contributed by atoms with Crippen LogP contribution < -0.4 is 10.1 Å². The van der Waals surface area contributed by atoms with Crippen molar-refractivity contribution in [3.63, 3.8) is 0 Å². The second-order valence-corrected chi connectivity index (χ2v) is 7.54. The van der Waals surface area contributed by atoms with E-state index >= 15 is 0 Å². The number of nitrogens with zero attached hydrogens (tertiary/aromatic N) is 4. The second-order valence-electron chi connectivity index (χ2n) is 7.18. The molecule has 1 aliphatic heterocycles. The highest BCUT2D eigenvalue weighted by atomic mass is 35.5. The van der Waals surface area contributed by atoms with Gasteiger partial charge in [0.15, 0.2) is 0 Å². The molecule has 158 valence electrons. The number of imide groups is 1. The van der Waals surface area contributed by atoms with E-state index in [4.69, 9.17) is 16.3 Å². The lowest BCUT2D eigenvalue weighted by molar-refractivity contribution is -0.131. The van der Waals surface area contributed by atoms with Gasteiger partial charge in [-0.15, -0.1) is 5.01 Å². The molecular weight excluding hydrogens is 418 g/mol. The zero-order valence-corrected chi connectivity index (χ0v) is 17.9. The van der Waals surface area contributed by atoms with Crippen molar-refractivity contribution in [1.82, 2.24) is 20.1 Å². The second kappa shape index (κ2) is 7.88. The number of rotatable bonds is 5. The maximum Gasteiger partial charge on any atom is 0.346 e. The summed E-state index contributed by atoms with van der Waals surface area (Å²) >= 11 is 6.50. The zero-order valence-electron chi connectivity index (χ0n) is 17.2. The van der Waals surface area contributed by atoms with Crippen LogP contribution in [0.1, 0.15) is 23.7 Å². The molecule has 3 amide bonds. The largest absolute Gasteiger partial charge is 0.497 e. The van der Waals surface area contributed by atoms with Gasteiger partial charge in [0.1, 0.15) is 16.4 Å². The summed E-state index contributed by atoms with van der Waals surface area (Å²) in [5, 5.41) is 12.4. The smallest absolute Gasteiger partial charge is 0.346 e. The van der Waals surface area contributed by atoms with Crippen molar-refractivity contribution in [2.75, 3.05) is 7.11 Å². The lowest BCUT2D eigenvalue weighted by Gasteiger charge is -2.21. The summed E-state index contributed by atoms with van der Waals surface area (Å²) in [7, 11) is 1.56. The van der Waals surface area contributed by atoms with Crippen molar-refractivity contribution in [2.45, 2.75) is 19.4 Å². The fraction of sp³-hybridized carbons (Fsp3) is 0.182. The number of hydrogen-bond acceptors (Lipinski definition) is 5. The van der Waals surface area contributed by atoms with Gasteiger partial charge in [-0.3, -0.25) is 4.79 Å². The Bertz CT molecular complexity index is 1170. The van der Waals surface area contributed by atoms with Gasteiger partial charge in [-0.05, 0) is 43.7 Å². The molecule has 1 aromatic heterocycles. The first-order chi connectivity index (χ1) is 14.8. The molecule has 1 unspecified atom stereocenters. The topological polar surface area (TPSA) is 88.8 Å². The fourth-order valence-corrected chi connectivity index (χ4v) is 3.68. The van der Waals surface area contributed by atoms with Crippen LogP contribution in [0.2, 0.25) is 5.15 Å². The number of hydrazone groups is 1. The quantitative estimate of drug-likeness (QED) is 0.487. The Balaban J connectivity index is 1.62. The van der Waals surface area contributed by atoms with Crippen LogP contribution in [-0.2, 0) is 10.3 Å². The third kappa shape index (κ3) is 3.55. The van der Waals surface area contributed by atoms with E-state index in [0.717, 1.165) is 10.7 Å². The monoisotopic (exact) mass is 437 g/mol. The predicted octanol–water partition coefficient (Wildman–Crippen LogP) is 3.64. The van der Waals surface area contributed by atoms with Gasteiger partial charge < -0.3 is 10.1 Å². The first-order valence-corrected chi connectivity index (χ1v) is 9.88. The number of halogens is 1. The Labute approximate surface area is 184 Å². The normalized spacial score (nSPS) is 18.6. The predicted molar refractivity (Wildman–Crippen MR) is 117 cm³/mol. The molecule has 0 radical (unpaired) electrons. The molecule has 8 nitrogen and oxygen atoms in total. The maximum absolute atomic E-state index is 13.1. The minimum absolute atomic E-state index is 0.331. The number of hydrogen-bond donors (Lipinski definition) is 1. The number of carbonyl (C=O) groups excluding carboxylic acids is 2. The minimum atomic E-state index is -1.24. The minimum Gasteiger partial charge on any atom is -0.497 e. The average molecular weight is 438 g/mol. The Morgan fingerprint density at radius 3 is 2.45 bits per heavy atom. The van der Waals surface area contributed by atoms with Gasteiger partial charge in [-0.1, -0.05) is 41.9 Å². The lowest BCUT2D eigenvalue weighted by atomic mass is 9.92. The van der Waals surface area contributed by atoms with Crippen molar-refractivity contribution in [1.29, 1.82) is 0 Å². The highest BCUT2D eigenvalue weighted by Gasteiger charge is 2.49. The van der Waals surface area contributed by atoms with Crippen LogP contribution >= 0.6 is 11.6 Å². The molecule has 9 heteroatoms. The van der Waals surface area contributed by atoms with Gasteiger partial charge in [0.2, 0.25) is 0 Å². The van der Waals surface area contributed by atoms with Crippen molar-refractivity contribution in [3.05, 3.63) is 76.6 Å². The molecule has 2 aromatic carbocycles. The molecule has 31 heavy (non-hydrogen) atoms. The highest BCUT2D eigenvalue weighted by molar-refractivity contribution is 6.32. The van der Waals surface area contributed by atoms with E-state index in [9.17, 15) is 9.59 Å². The molecule has 0 saturated carbocycles. The van der Waals surface area contributed by atoms with Crippen LogP contribution in [0.4, 0.5) is 4.79 Å². The summed E-state index contributed by atoms with van der Waals surface area (Å²) in [4.78, 5) is 25.6. The number of amides is 3. The molecule has 0 bridgehead atoms. The average Bonchev–Trinajstić information content (AvgIpc) is 3.19.